The van der Waals surface area contributed by atoms with Gasteiger partial charge in [-0.15, -0.1) is 23.7 Å². The minimum Gasteiger partial charge on any atom is -0.336 e. The highest BCUT2D eigenvalue weighted by atomic mass is 79.9. The number of nitrogens with one attached hydrogen (secondary N) is 1. The molecule has 2 heterocycles. The second-order valence-corrected chi connectivity index (χ2v) is 5.84. The van der Waals surface area contributed by atoms with E-state index in [9.17, 15) is 4.79 Å². The van der Waals surface area contributed by atoms with Crippen LogP contribution in [0.15, 0.2) is 15.9 Å². The molecule has 1 fully saturated rings. The lowest BCUT2D eigenvalue weighted by atomic mass is 10.1. The maximum Gasteiger partial charge on any atom is 0.264 e. The van der Waals surface area contributed by atoms with E-state index in [2.05, 4.69) is 21.2 Å². The standard InChI is InChI=1S/C11H15BrN2OS.ClH/c1-13-9-3-2-4-14(6-9)11(15)10-5-8(12)7-16-10;/h5,7,9,13H,2-4,6H2,1H3;1H. The zero-order valence-corrected chi connectivity index (χ0v) is 12.8. The van der Waals surface area contributed by atoms with Gasteiger partial charge in [-0.3, -0.25) is 4.79 Å². The van der Waals surface area contributed by atoms with Gasteiger partial charge in [0, 0.05) is 29.0 Å². The Bertz CT molecular complexity index is 385. The van der Waals surface area contributed by atoms with Gasteiger partial charge in [-0.05, 0) is 41.9 Å². The van der Waals surface area contributed by atoms with E-state index in [-0.39, 0.29) is 18.3 Å². The van der Waals surface area contributed by atoms with Crippen molar-refractivity contribution in [1.82, 2.24) is 10.2 Å². The van der Waals surface area contributed by atoms with Gasteiger partial charge in [-0.25, -0.2) is 0 Å². The maximum atomic E-state index is 12.2. The molecule has 1 saturated heterocycles. The molecule has 3 nitrogen and oxygen atoms in total. The fourth-order valence-electron chi connectivity index (χ4n) is 1.98. The lowest BCUT2D eigenvalue weighted by Crippen LogP contribution is -2.46. The summed E-state index contributed by atoms with van der Waals surface area (Å²) < 4.78 is 0.989. The summed E-state index contributed by atoms with van der Waals surface area (Å²) in [5, 5.41) is 5.20. The molecular formula is C11H16BrClN2OS. The number of piperidine rings is 1. The van der Waals surface area contributed by atoms with Crippen LogP contribution in [-0.4, -0.2) is 37.0 Å². The van der Waals surface area contributed by atoms with Crippen LogP contribution in [0.25, 0.3) is 0 Å². The third-order valence-corrected chi connectivity index (χ3v) is 4.57. The predicted molar refractivity (Wildman–Crippen MR) is 77.3 cm³/mol. The lowest BCUT2D eigenvalue weighted by molar-refractivity contribution is 0.0703. The van der Waals surface area contributed by atoms with Crippen molar-refractivity contribution in [2.24, 2.45) is 0 Å². The van der Waals surface area contributed by atoms with Crippen LogP contribution < -0.4 is 5.32 Å². The highest BCUT2D eigenvalue weighted by Crippen LogP contribution is 2.22. The van der Waals surface area contributed by atoms with E-state index in [0.29, 0.717) is 6.04 Å². The van der Waals surface area contributed by atoms with Crippen molar-refractivity contribution in [3.8, 4) is 0 Å². The number of likely N-dealkylation sites (N-methyl/N-ethyl adjacent to an activating group) is 1. The van der Waals surface area contributed by atoms with Gasteiger partial charge in [0.15, 0.2) is 0 Å². The Morgan fingerprint density at radius 3 is 3.00 bits per heavy atom. The van der Waals surface area contributed by atoms with Crippen LogP contribution in [-0.2, 0) is 0 Å². The first-order chi connectivity index (χ1) is 7.70. The average molecular weight is 340 g/mol. The van der Waals surface area contributed by atoms with Crippen LogP contribution in [0.1, 0.15) is 22.5 Å². The van der Waals surface area contributed by atoms with E-state index >= 15 is 0 Å². The van der Waals surface area contributed by atoms with Crippen LogP contribution >= 0.6 is 39.7 Å². The van der Waals surface area contributed by atoms with E-state index in [1.165, 1.54) is 11.3 Å². The van der Waals surface area contributed by atoms with Crippen molar-refractivity contribution in [2.45, 2.75) is 18.9 Å². The van der Waals surface area contributed by atoms with Crippen molar-refractivity contribution < 1.29 is 4.79 Å². The van der Waals surface area contributed by atoms with Gasteiger partial charge in [0.1, 0.15) is 0 Å². The highest BCUT2D eigenvalue weighted by molar-refractivity contribution is 9.10. The molecule has 6 heteroatoms. The van der Waals surface area contributed by atoms with Crippen molar-refractivity contribution in [3.63, 3.8) is 0 Å². The first kappa shape index (κ1) is 15.0. The number of thiophene rings is 1. The minimum atomic E-state index is 0. The Morgan fingerprint density at radius 1 is 1.65 bits per heavy atom. The van der Waals surface area contributed by atoms with Gasteiger partial charge in [0.25, 0.3) is 5.91 Å². The first-order valence-corrected chi connectivity index (χ1v) is 7.08. The molecular weight excluding hydrogens is 324 g/mol. The molecule has 1 unspecified atom stereocenters. The third kappa shape index (κ3) is 3.68. The predicted octanol–water partition coefficient (Wildman–Crippen LogP) is 2.76. The number of hydrogen-bond acceptors (Lipinski definition) is 3. The number of amides is 1. The van der Waals surface area contributed by atoms with Crippen LogP contribution in [0.3, 0.4) is 0 Å². The molecule has 1 amide bonds. The summed E-state index contributed by atoms with van der Waals surface area (Å²) in [7, 11) is 1.96. The second-order valence-electron chi connectivity index (χ2n) is 4.01. The summed E-state index contributed by atoms with van der Waals surface area (Å²) in [6.45, 7) is 1.71. The smallest absolute Gasteiger partial charge is 0.264 e. The summed E-state index contributed by atoms with van der Waals surface area (Å²) in [6.07, 6.45) is 2.25. The molecule has 0 radical (unpaired) electrons. The Balaban J connectivity index is 0.00000144. The summed E-state index contributed by atoms with van der Waals surface area (Å²) in [5.41, 5.74) is 0. The second kappa shape index (κ2) is 6.73. The van der Waals surface area contributed by atoms with Gasteiger partial charge in [0.2, 0.25) is 0 Å². The Morgan fingerprint density at radius 2 is 2.41 bits per heavy atom. The lowest BCUT2D eigenvalue weighted by Gasteiger charge is -2.32. The van der Waals surface area contributed by atoms with Gasteiger partial charge >= 0.3 is 0 Å². The number of nitrogens with zero attached hydrogens (tertiary/aromatic N) is 1. The normalized spacial score (nSPS) is 19.9. The first-order valence-electron chi connectivity index (χ1n) is 5.41. The molecule has 1 aromatic rings. The molecule has 1 aromatic heterocycles. The van der Waals surface area contributed by atoms with Crippen molar-refractivity contribution in [2.75, 3.05) is 20.1 Å². The molecule has 1 N–H and O–H groups in total. The number of rotatable bonds is 2. The molecule has 96 valence electrons. The van der Waals surface area contributed by atoms with Crippen molar-refractivity contribution in [3.05, 3.63) is 20.8 Å². The molecule has 0 saturated carbocycles. The molecule has 0 bridgehead atoms. The topological polar surface area (TPSA) is 32.3 Å². The number of carbonyl (C=O) groups is 1. The minimum absolute atomic E-state index is 0. The van der Waals surface area contributed by atoms with Crippen LogP contribution in [0, 0.1) is 0 Å². The van der Waals surface area contributed by atoms with Crippen molar-refractivity contribution in [1.29, 1.82) is 0 Å². The Labute approximate surface area is 120 Å². The Kier molecular flexibility index (Phi) is 5.92. The average Bonchev–Trinajstić information content (AvgIpc) is 2.75. The quantitative estimate of drug-likeness (QED) is 0.898. The fraction of sp³-hybridized carbons (Fsp3) is 0.545. The molecule has 1 aliphatic heterocycles. The highest BCUT2D eigenvalue weighted by Gasteiger charge is 2.24. The van der Waals surface area contributed by atoms with E-state index in [1.807, 2.05) is 23.4 Å². The summed E-state index contributed by atoms with van der Waals surface area (Å²) in [5.74, 6) is 0.163. The van der Waals surface area contributed by atoms with Crippen LogP contribution in [0.4, 0.5) is 0 Å². The monoisotopic (exact) mass is 338 g/mol. The summed E-state index contributed by atoms with van der Waals surface area (Å²) in [6, 6.07) is 2.34. The number of carbonyl (C=O) groups excluding carboxylic acids is 1. The molecule has 0 aromatic carbocycles. The number of likely N-dealkylation sites (tertiary alicyclic amines) is 1. The summed E-state index contributed by atoms with van der Waals surface area (Å²) >= 11 is 4.88. The molecule has 17 heavy (non-hydrogen) atoms. The number of hydrogen-bond donors (Lipinski definition) is 1. The zero-order valence-electron chi connectivity index (χ0n) is 9.61. The largest absolute Gasteiger partial charge is 0.336 e. The maximum absolute atomic E-state index is 12.2. The third-order valence-electron chi connectivity index (χ3n) is 2.90. The van der Waals surface area contributed by atoms with Crippen molar-refractivity contribution >= 4 is 45.6 Å². The SMILES string of the molecule is CNC1CCCN(C(=O)c2cc(Br)cs2)C1.Cl. The molecule has 1 atom stereocenters. The van der Waals surface area contributed by atoms with Gasteiger partial charge < -0.3 is 10.2 Å². The van der Waals surface area contributed by atoms with E-state index in [1.54, 1.807) is 0 Å². The Hall–Kier alpha value is -0.100. The van der Waals surface area contributed by atoms with Gasteiger partial charge in [-0.1, -0.05) is 0 Å². The van der Waals surface area contributed by atoms with Gasteiger partial charge in [0.05, 0.1) is 4.88 Å². The van der Waals surface area contributed by atoms with E-state index < -0.39 is 0 Å². The summed E-state index contributed by atoms with van der Waals surface area (Å²) in [4.78, 5) is 14.9. The van der Waals surface area contributed by atoms with Crippen LogP contribution in [0.2, 0.25) is 0 Å². The number of halogens is 2. The van der Waals surface area contributed by atoms with E-state index in [4.69, 9.17) is 0 Å². The molecule has 1 aliphatic rings. The molecule has 2 rings (SSSR count). The molecule has 0 spiro atoms. The van der Waals surface area contributed by atoms with E-state index in [0.717, 1.165) is 35.3 Å². The van der Waals surface area contributed by atoms with Gasteiger partial charge in [-0.2, -0.15) is 0 Å². The zero-order chi connectivity index (χ0) is 11.5. The fourth-order valence-corrected chi connectivity index (χ4v) is 3.37. The molecule has 0 aliphatic carbocycles. The van der Waals surface area contributed by atoms with Crippen LogP contribution in [0.5, 0.6) is 0 Å².